The third-order valence-electron chi connectivity index (χ3n) is 4.32. The van der Waals surface area contributed by atoms with E-state index in [-0.39, 0.29) is 18.7 Å². The Balaban J connectivity index is 1.47. The van der Waals surface area contributed by atoms with Crippen LogP contribution < -0.4 is 20.1 Å². The van der Waals surface area contributed by atoms with Gasteiger partial charge in [0.05, 0.1) is 0 Å². The van der Waals surface area contributed by atoms with Crippen molar-refractivity contribution in [2.45, 2.75) is 31.8 Å². The van der Waals surface area contributed by atoms with Crippen molar-refractivity contribution in [1.29, 1.82) is 0 Å². The highest BCUT2D eigenvalue weighted by Gasteiger charge is 2.22. The first-order valence-electron chi connectivity index (χ1n) is 8.09. The Kier molecular flexibility index (Phi) is 4.12. The van der Waals surface area contributed by atoms with Crippen LogP contribution in [-0.2, 0) is 0 Å². The largest absolute Gasteiger partial charge is 0.454 e. The van der Waals surface area contributed by atoms with Crippen molar-refractivity contribution >= 4 is 17.2 Å². The van der Waals surface area contributed by atoms with Crippen LogP contribution in [-0.4, -0.2) is 36.3 Å². The van der Waals surface area contributed by atoms with Gasteiger partial charge in [-0.15, -0.1) is 11.3 Å². The fourth-order valence-corrected chi connectivity index (χ4v) is 3.86. The van der Waals surface area contributed by atoms with Crippen LogP contribution in [0.15, 0.2) is 23.6 Å². The topological polar surface area (TPSA) is 72.5 Å². The molecule has 7 heteroatoms. The zero-order valence-electron chi connectivity index (χ0n) is 13.4. The van der Waals surface area contributed by atoms with E-state index >= 15 is 0 Å². The maximum atomic E-state index is 12.4. The van der Waals surface area contributed by atoms with Gasteiger partial charge in [0.25, 0.3) is 5.91 Å². The number of amides is 1. The Hall–Kier alpha value is -2.12. The second-order valence-corrected chi connectivity index (χ2v) is 7.01. The van der Waals surface area contributed by atoms with Crippen molar-refractivity contribution in [2.24, 2.45) is 0 Å². The molecule has 0 saturated carbocycles. The van der Waals surface area contributed by atoms with Crippen LogP contribution in [0.5, 0.6) is 11.5 Å². The van der Waals surface area contributed by atoms with Gasteiger partial charge in [-0.1, -0.05) is 0 Å². The fourth-order valence-electron chi connectivity index (χ4n) is 3.06. The second kappa shape index (κ2) is 6.41. The standard InChI is InChI=1S/C17H19N3O3S/c1-10-6-12(4-5-18-10)19-16(21)13-8-24-17(20-13)11-2-3-14-15(7-11)23-9-22-14/h2-3,7-8,10,12,18H,4-6,9H2,1H3,(H,19,21). The van der Waals surface area contributed by atoms with E-state index < -0.39 is 0 Å². The number of aromatic nitrogens is 1. The van der Waals surface area contributed by atoms with Crippen molar-refractivity contribution in [1.82, 2.24) is 15.6 Å². The molecule has 2 aliphatic rings. The van der Waals surface area contributed by atoms with E-state index in [0.717, 1.165) is 41.5 Å². The van der Waals surface area contributed by atoms with E-state index in [2.05, 4.69) is 22.5 Å². The van der Waals surface area contributed by atoms with Gasteiger partial charge in [0.2, 0.25) is 6.79 Å². The van der Waals surface area contributed by atoms with Crippen LogP contribution in [0.1, 0.15) is 30.3 Å². The molecule has 0 bridgehead atoms. The van der Waals surface area contributed by atoms with Crippen molar-refractivity contribution in [3.8, 4) is 22.1 Å². The van der Waals surface area contributed by atoms with Crippen molar-refractivity contribution in [2.75, 3.05) is 13.3 Å². The average Bonchev–Trinajstić information content (AvgIpc) is 3.23. The van der Waals surface area contributed by atoms with E-state index in [1.54, 1.807) is 5.38 Å². The molecule has 2 aliphatic heterocycles. The molecule has 0 radical (unpaired) electrons. The molecule has 3 heterocycles. The predicted molar refractivity (Wildman–Crippen MR) is 91.6 cm³/mol. The van der Waals surface area contributed by atoms with Crippen LogP contribution in [0.2, 0.25) is 0 Å². The molecule has 1 aromatic carbocycles. The molecular formula is C17H19N3O3S. The van der Waals surface area contributed by atoms with E-state index in [0.29, 0.717) is 11.7 Å². The minimum atomic E-state index is -0.0997. The normalized spacial score (nSPS) is 22.4. The maximum absolute atomic E-state index is 12.4. The van der Waals surface area contributed by atoms with Crippen LogP contribution in [0.3, 0.4) is 0 Å². The minimum Gasteiger partial charge on any atom is -0.454 e. The lowest BCUT2D eigenvalue weighted by molar-refractivity contribution is 0.0921. The van der Waals surface area contributed by atoms with Gasteiger partial charge in [-0.25, -0.2) is 4.98 Å². The monoisotopic (exact) mass is 345 g/mol. The highest BCUT2D eigenvalue weighted by Crippen LogP contribution is 2.36. The number of thiazole rings is 1. The summed E-state index contributed by atoms with van der Waals surface area (Å²) in [7, 11) is 0. The summed E-state index contributed by atoms with van der Waals surface area (Å²) in [5.74, 6) is 1.36. The van der Waals surface area contributed by atoms with Crippen molar-refractivity contribution < 1.29 is 14.3 Å². The molecule has 126 valence electrons. The number of hydrogen-bond acceptors (Lipinski definition) is 6. The number of carbonyl (C=O) groups is 1. The third kappa shape index (κ3) is 3.09. The van der Waals surface area contributed by atoms with E-state index in [1.165, 1.54) is 11.3 Å². The molecule has 2 unspecified atom stereocenters. The Labute approximate surface area is 144 Å². The minimum absolute atomic E-state index is 0.0997. The number of fused-ring (bicyclic) bond motifs is 1. The van der Waals surface area contributed by atoms with Gasteiger partial charge in [0.15, 0.2) is 11.5 Å². The van der Waals surface area contributed by atoms with Crippen LogP contribution in [0, 0.1) is 0 Å². The van der Waals surface area contributed by atoms with Gasteiger partial charge in [0, 0.05) is 23.0 Å². The lowest BCUT2D eigenvalue weighted by Gasteiger charge is -2.28. The Bertz CT molecular complexity index is 761. The van der Waals surface area contributed by atoms with Crippen molar-refractivity contribution in [3.05, 3.63) is 29.3 Å². The smallest absolute Gasteiger partial charge is 0.270 e. The molecule has 2 N–H and O–H groups in total. The second-order valence-electron chi connectivity index (χ2n) is 6.16. The first-order chi connectivity index (χ1) is 11.7. The number of nitrogens with one attached hydrogen (secondary N) is 2. The van der Waals surface area contributed by atoms with E-state index in [9.17, 15) is 4.79 Å². The van der Waals surface area contributed by atoms with Crippen LogP contribution in [0.4, 0.5) is 0 Å². The molecule has 2 atom stereocenters. The molecule has 1 aromatic heterocycles. The molecule has 1 fully saturated rings. The molecular weight excluding hydrogens is 326 g/mol. The Morgan fingerprint density at radius 3 is 3.12 bits per heavy atom. The summed E-state index contributed by atoms with van der Waals surface area (Å²) >= 11 is 1.46. The van der Waals surface area contributed by atoms with Gasteiger partial charge in [0.1, 0.15) is 10.7 Å². The number of piperidine rings is 1. The summed E-state index contributed by atoms with van der Waals surface area (Å²) in [5, 5.41) is 9.08. The van der Waals surface area contributed by atoms with Crippen LogP contribution >= 0.6 is 11.3 Å². The summed E-state index contributed by atoms with van der Waals surface area (Å²) < 4.78 is 10.7. The van der Waals surface area contributed by atoms with Gasteiger partial charge in [-0.2, -0.15) is 0 Å². The number of carbonyl (C=O) groups excluding carboxylic acids is 1. The van der Waals surface area contributed by atoms with Gasteiger partial charge >= 0.3 is 0 Å². The number of hydrogen-bond donors (Lipinski definition) is 2. The molecule has 4 rings (SSSR count). The molecule has 0 aliphatic carbocycles. The first-order valence-corrected chi connectivity index (χ1v) is 8.97. The zero-order valence-corrected chi connectivity index (χ0v) is 14.2. The quantitative estimate of drug-likeness (QED) is 0.894. The first kappa shape index (κ1) is 15.4. The van der Waals surface area contributed by atoms with Crippen LogP contribution in [0.25, 0.3) is 10.6 Å². The SMILES string of the molecule is CC1CC(NC(=O)c2csc(-c3ccc4c(c3)OCO4)n2)CCN1. The number of rotatable bonds is 3. The third-order valence-corrected chi connectivity index (χ3v) is 5.21. The highest BCUT2D eigenvalue weighted by atomic mass is 32.1. The molecule has 1 amide bonds. The predicted octanol–water partition coefficient (Wildman–Crippen LogP) is 2.41. The zero-order chi connectivity index (χ0) is 16.5. The van der Waals surface area contributed by atoms with E-state index in [4.69, 9.17) is 9.47 Å². The van der Waals surface area contributed by atoms with E-state index in [1.807, 2.05) is 18.2 Å². The highest BCUT2D eigenvalue weighted by molar-refractivity contribution is 7.13. The summed E-state index contributed by atoms with van der Waals surface area (Å²) in [6, 6.07) is 6.35. The Morgan fingerprint density at radius 1 is 1.38 bits per heavy atom. The molecule has 24 heavy (non-hydrogen) atoms. The summed E-state index contributed by atoms with van der Waals surface area (Å²) in [4.78, 5) is 16.9. The number of ether oxygens (including phenoxy) is 2. The molecule has 0 spiro atoms. The number of benzene rings is 1. The van der Waals surface area contributed by atoms with Gasteiger partial charge in [-0.3, -0.25) is 4.79 Å². The average molecular weight is 345 g/mol. The maximum Gasteiger partial charge on any atom is 0.270 e. The van der Waals surface area contributed by atoms with Gasteiger partial charge in [-0.05, 0) is 44.5 Å². The summed E-state index contributed by atoms with van der Waals surface area (Å²) in [5.41, 5.74) is 1.40. The summed E-state index contributed by atoms with van der Waals surface area (Å²) in [6.07, 6.45) is 1.90. The Morgan fingerprint density at radius 2 is 2.25 bits per heavy atom. The number of nitrogens with zero attached hydrogens (tertiary/aromatic N) is 1. The molecule has 1 saturated heterocycles. The van der Waals surface area contributed by atoms with Crippen molar-refractivity contribution in [3.63, 3.8) is 0 Å². The van der Waals surface area contributed by atoms with Gasteiger partial charge < -0.3 is 20.1 Å². The lowest BCUT2D eigenvalue weighted by atomic mass is 10.0. The molecule has 2 aromatic rings. The lowest BCUT2D eigenvalue weighted by Crippen LogP contribution is -2.46. The molecule has 6 nitrogen and oxygen atoms in total. The fraction of sp³-hybridized carbons (Fsp3) is 0.412. The summed E-state index contributed by atoms with van der Waals surface area (Å²) in [6.45, 7) is 3.32.